The molecule has 1 aliphatic heterocycles. The molecule has 1 aliphatic rings. The molecule has 0 saturated carbocycles. The van der Waals surface area contributed by atoms with Gasteiger partial charge in [-0.25, -0.2) is 0 Å². The Morgan fingerprint density at radius 3 is 2.62 bits per heavy atom. The molecule has 0 aromatic heterocycles. The molecule has 1 heterocycles. The van der Waals surface area contributed by atoms with Crippen molar-refractivity contribution < 1.29 is 30.3 Å². The summed E-state index contributed by atoms with van der Waals surface area (Å²) < 4.78 is 77.2. The summed E-state index contributed by atoms with van der Waals surface area (Å²) in [7, 11) is -5.23. The Morgan fingerprint density at radius 1 is 1.69 bits per heavy atom. The first kappa shape index (κ1) is 4.72. The third-order valence-corrected chi connectivity index (χ3v) is 2.02. The number of carbonyl (C=O) groups excluding carboxylic acids is 1. The topological polar surface area (TPSA) is 83.9 Å². The summed E-state index contributed by atoms with van der Waals surface area (Å²) in [6.07, 6.45) is 0. The van der Waals surface area contributed by atoms with Crippen LogP contribution in [0.15, 0.2) is 0 Å². The van der Waals surface area contributed by atoms with E-state index < -0.39 is 41.5 Å². The smallest absolute Gasteiger partial charge is 0.272 e. The first-order valence-electron chi connectivity index (χ1n) is 6.17. The van der Waals surface area contributed by atoms with Gasteiger partial charge in [0.2, 0.25) is 0 Å². The lowest BCUT2D eigenvalue weighted by atomic mass is 9.80. The molecule has 76 valence electrons. The van der Waals surface area contributed by atoms with Gasteiger partial charge >= 0.3 is 10.4 Å². The highest BCUT2D eigenvalue weighted by molar-refractivity contribution is 7.80. The maximum absolute atomic E-state index is 11.5. The second-order valence-corrected chi connectivity index (χ2v) is 3.63. The molecule has 1 N–H and O–H groups in total. The van der Waals surface area contributed by atoms with Crippen molar-refractivity contribution in [3.05, 3.63) is 0 Å². The lowest BCUT2D eigenvalue weighted by molar-refractivity contribution is -0.225. The summed E-state index contributed by atoms with van der Waals surface area (Å²) in [6.45, 7) is -5.45. The largest absolute Gasteiger partial charge is 0.418 e. The van der Waals surface area contributed by atoms with Gasteiger partial charge in [-0.2, -0.15) is 13.5 Å². The van der Waals surface area contributed by atoms with E-state index in [0.29, 0.717) is 0 Å². The van der Waals surface area contributed by atoms with Crippen molar-refractivity contribution in [3.63, 3.8) is 0 Å². The normalized spacial score (nSPS) is 36.0. The van der Waals surface area contributed by atoms with E-state index in [9.17, 15) is 13.2 Å². The van der Waals surface area contributed by atoms with Crippen LogP contribution in [-0.2, 0) is 19.5 Å². The van der Waals surface area contributed by atoms with Crippen molar-refractivity contribution in [3.8, 4) is 0 Å². The highest BCUT2D eigenvalue weighted by Crippen LogP contribution is 2.37. The van der Waals surface area contributed by atoms with Crippen LogP contribution >= 0.6 is 0 Å². The van der Waals surface area contributed by atoms with Crippen LogP contribution in [-0.4, -0.2) is 29.5 Å². The SMILES string of the molecule is [2H]C([2H])([2H])C1(C([2H])([2H])[2H])[C@H](C)C(=O)N1OS(=O)(=O)O. The second kappa shape index (κ2) is 2.66. The van der Waals surface area contributed by atoms with E-state index in [1.165, 1.54) is 0 Å². The van der Waals surface area contributed by atoms with Crippen LogP contribution in [0.3, 0.4) is 0 Å². The molecule has 1 atom stereocenters. The van der Waals surface area contributed by atoms with Crippen LogP contribution in [0.25, 0.3) is 0 Å². The van der Waals surface area contributed by atoms with E-state index >= 15 is 0 Å². The lowest BCUT2D eigenvalue weighted by Crippen LogP contribution is -2.66. The van der Waals surface area contributed by atoms with Crippen molar-refractivity contribution in [2.45, 2.75) is 26.2 Å². The third-order valence-electron chi connectivity index (χ3n) is 1.69. The van der Waals surface area contributed by atoms with Crippen molar-refractivity contribution >= 4 is 16.3 Å². The number of rotatable bonds is 2. The second-order valence-electron chi connectivity index (χ2n) is 2.62. The molecule has 0 aromatic carbocycles. The fourth-order valence-electron chi connectivity index (χ4n) is 0.828. The zero-order chi connectivity index (χ0) is 15.4. The lowest BCUT2D eigenvalue weighted by Gasteiger charge is -2.49. The average molecular weight is 215 g/mol. The molecule has 0 bridgehead atoms. The van der Waals surface area contributed by atoms with E-state index in [1.807, 2.05) is 0 Å². The van der Waals surface area contributed by atoms with E-state index in [4.69, 9.17) is 12.8 Å². The number of nitrogens with zero attached hydrogens (tertiary/aromatic N) is 1. The minimum absolute atomic E-state index is 0.299. The van der Waals surface area contributed by atoms with Gasteiger partial charge < -0.3 is 0 Å². The Morgan fingerprint density at radius 2 is 2.23 bits per heavy atom. The van der Waals surface area contributed by atoms with Crippen molar-refractivity contribution in [1.29, 1.82) is 0 Å². The van der Waals surface area contributed by atoms with Gasteiger partial charge in [0.15, 0.2) is 0 Å². The first-order valence-corrected chi connectivity index (χ1v) is 4.54. The maximum atomic E-state index is 11.5. The Balaban J connectivity index is 3.41. The van der Waals surface area contributed by atoms with Crippen molar-refractivity contribution in [1.82, 2.24) is 5.06 Å². The molecule has 0 unspecified atom stereocenters. The van der Waals surface area contributed by atoms with Gasteiger partial charge in [-0.3, -0.25) is 9.35 Å². The number of β-lactam (4-membered cyclic amide) rings is 1. The minimum Gasteiger partial charge on any atom is -0.272 e. The molecule has 0 spiro atoms. The van der Waals surface area contributed by atoms with Crippen molar-refractivity contribution in [2.75, 3.05) is 0 Å². The summed E-state index contributed by atoms with van der Waals surface area (Å²) in [6, 6.07) is 0. The minimum atomic E-state index is -5.23. The Hall–Kier alpha value is -0.660. The van der Waals surface area contributed by atoms with Crippen LogP contribution in [0.5, 0.6) is 0 Å². The molecule has 13 heavy (non-hydrogen) atoms. The van der Waals surface area contributed by atoms with E-state index in [1.54, 1.807) is 0 Å². The van der Waals surface area contributed by atoms with Crippen LogP contribution in [0.2, 0.25) is 0 Å². The highest BCUT2D eigenvalue weighted by Gasteiger charge is 2.54. The molecule has 7 heteroatoms. The van der Waals surface area contributed by atoms with E-state index in [2.05, 4.69) is 4.28 Å². The van der Waals surface area contributed by atoms with Gasteiger partial charge in [-0.1, -0.05) is 6.92 Å². The van der Waals surface area contributed by atoms with Gasteiger partial charge in [-0.15, -0.1) is 4.28 Å². The predicted molar refractivity (Wildman–Crippen MR) is 42.7 cm³/mol. The van der Waals surface area contributed by atoms with E-state index in [-0.39, 0.29) is 5.06 Å². The monoisotopic (exact) mass is 215 g/mol. The number of hydrogen-bond acceptors (Lipinski definition) is 4. The number of carbonyl (C=O) groups is 1. The van der Waals surface area contributed by atoms with Gasteiger partial charge in [0, 0.05) is 8.22 Å². The quantitative estimate of drug-likeness (QED) is 0.517. The van der Waals surface area contributed by atoms with Gasteiger partial charge in [0.05, 0.1) is 11.5 Å². The number of hydroxylamine groups is 2. The van der Waals surface area contributed by atoms with Gasteiger partial charge in [-0.05, 0) is 13.7 Å². The fraction of sp³-hybridized carbons (Fsp3) is 0.833. The Kier molecular flexibility index (Phi) is 0.966. The predicted octanol–water partition coefficient (Wildman–Crippen LogP) is -0.0223. The van der Waals surface area contributed by atoms with Gasteiger partial charge in [0.25, 0.3) is 5.91 Å². The average Bonchev–Trinajstić information content (AvgIpc) is 2.10. The summed E-state index contributed by atoms with van der Waals surface area (Å²) in [5, 5.41) is -0.299. The molecule has 1 rings (SSSR count). The molecule has 1 fully saturated rings. The maximum Gasteiger partial charge on any atom is 0.418 e. The number of hydrogen-bond donors (Lipinski definition) is 1. The summed E-state index contributed by atoms with van der Waals surface area (Å²) >= 11 is 0. The highest BCUT2D eigenvalue weighted by atomic mass is 32.3. The molecule has 0 aromatic rings. The Bertz CT molecular complexity index is 481. The summed E-state index contributed by atoms with van der Waals surface area (Å²) in [5.41, 5.74) is -2.83. The fourth-order valence-corrected chi connectivity index (χ4v) is 1.21. The number of amides is 1. The Labute approximate surface area is 84.8 Å². The zero-order valence-electron chi connectivity index (χ0n) is 12.5. The van der Waals surface area contributed by atoms with E-state index in [0.717, 1.165) is 6.92 Å². The molecular formula is C6H11NO5S. The molecule has 6 nitrogen and oxygen atoms in total. The summed E-state index contributed by atoms with van der Waals surface area (Å²) in [5.74, 6) is -2.68. The standard InChI is InChI=1S/C6H11NO5S/c1-4-5(8)7(6(4,2)3)12-13(9,10)11/h4H,1-3H3,(H,9,10,11)/t4-/m1/s1/i2D3,3D3. The zero-order valence-corrected chi connectivity index (χ0v) is 7.33. The van der Waals surface area contributed by atoms with Crippen LogP contribution < -0.4 is 0 Å². The molecule has 0 aliphatic carbocycles. The van der Waals surface area contributed by atoms with Crippen LogP contribution in [0, 0.1) is 5.92 Å². The first-order chi connectivity index (χ1) is 8.16. The van der Waals surface area contributed by atoms with Crippen LogP contribution in [0.4, 0.5) is 0 Å². The van der Waals surface area contributed by atoms with Crippen LogP contribution in [0.1, 0.15) is 28.9 Å². The molecular weight excluding hydrogens is 198 g/mol. The third kappa shape index (κ3) is 1.67. The summed E-state index contributed by atoms with van der Waals surface area (Å²) in [4.78, 5) is 11.5. The molecule has 0 radical (unpaired) electrons. The van der Waals surface area contributed by atoms with Crippen molar-refractivity contribution in [2.24, 2.45) is 5.92 Å². The van der Waals surface area contributed by atoms with Gasteiger partial charge in [0.1, 0.15) is 0 Å². The molecule has 1 saturated heterocycles. The molecule has 1 amide bonds.